The predicted octanol–water partition coefficient (Wildman–Crippen LogP) is 3.24. The summed E-state index contributed by atoms with van der Waals surface area (Å²) < 4.78 is 7.44. The van der Waals surface area contributed by atoms with Crippen molar-refractivity contribution in [2.45, 2.75) is 20.0 Å². The van der Waals surface area contributed by atoms with Gasteiger partial charge in [0, 0.05) is 9.77 Å². The molecule has 0 saturated heterocycles. The number of hydrogen-bond donors (Lipinski definition) is 0. The minimum Gasteiger partial charge on any atom is -0.474 e. The number of hydrogen-bond acceptors (Lipinski definition) is 2. The first-order chi connectivity index (χ1) is 5.59. The van der Waals surface area contributed by atoms with Gasteiger partial charge in [0.05, 0.1) is 10.6 Å². The van der Waals surface area contributed by atoms with E-state index in [1.807, 2.05) is 19.9 Å². The molecule has 66 valence electrons. The fourth-order valence-electron chi connectivity index (χ4n) is 0.712. The molecule has 0 radical (unpaired) electrons. The van der Waals surface area contributed by atoms with Crippen molar-refractivity contribution in [3.63, 3.8) is 0 Å². The largest absolute Gasteiger partial charge is 0.474 e. The zero-order valence-electron chi connectivity index (χ0n) is 6.84. The van der Waals surface area contributed by atoms with Crippen molar-refractivity contribution in [1.82, 2.24) is 4.98 Å². The maximum absolute atomic E-state index is 5.44. The molecule has 12 heavy (non-hydrogen) atoms. The number of pyridine rings is 1. The summed E-state index contributed by atoms with van der Waals surface area (Å²) in [5.41, 5.74) is 0. The second-order valence-corrected chi connectivity index (χ2v) is 4.71. The highest BCUT2D eigenvalue weighted by atomic mass is 127. The Morgan fingerprint density at radius 2 is 2.25 bits per heavy atom. The standard InChI is InChI=1S/C8H9BrINO/c1-5(2)12-8-7(9)3-6(10)4-11-8/h3-5H,1-2H3. The van der Waals surface area contributed by atoms with Crippen LogP contribution in [0.15, 0.2) is 16.7 Å². The number of rotatable bonds is 2. The van der Waals surface area contributed by atoms with Gasteiger partial charge in [-0.2, -0.15) is 0 Å². The lowest BCUT2D eigenvalue weighted by Gasteiger charge is -2.09. The molecule has 0 amide bonds. The molecule has 0 N–H and O–H groups in total. The van der Waals surface area contributed by atoms with Gasteiger partial charge < -0.3 is 4.74 Å². The molecular formula is C8H9BrINO. The zero-order chi connectivity index (χ0) is 9.14. The minimum absolute atomic E-state index is 0.161. The second-order valence-electron chi connectivity index (χ2n) is 2.61. The van der Waals surface area contributed by atoms with Crippen LogP contribution in [0.1, 0.15) is 13.8 Å². The lowest BCUT2D eigenvalue weighted by molar-refractivity contribution is 0.231. The molecule has 1 aromatic rings. The van der Waals surface area contributed by atoms with E-state index in [1.54, 1.807) is 6.20 Å². The van der Waals surface area contributed by atoms with Crippen LogP contribution in [0.25, 0.3) is 0 Å². The highest BCUT2D eigenvalue weighted by molar-refractivity contribution is 14.1. The zero-order valence-corrected chi connectivity index (χ0v) is 10.6. The molecular weight excluding hydrogens is 333 g/mol. The fourth-order valence-corrected chi connectivity index (χ4v) is 2.03. The van der Waals surface area contributed by atoms with Gasteiger partial charge in [-0.1, -0.05) is 0 Å². The maximum Gasteiger partial charge on any atom is 0.228 e. The summed E-state index contributed by atoms with van der Waals surface area (Å²) in [5.74, 6) is 0.658. The quantitative estimate of drug-likeness (QED) is 0.770. The maximum atomic E-state index is 5.44. The van der Waals surface area contributed by atoms with Crippen LogP contribution < -0.4 is 4.74 Å². The van der Waals surface area contributed by atoms with E-state index in [2.05, 4.69) is 43.5 Å². The van der Waals surface area contributed by atoms with Crippen LogP contribution in [0.4, 0.5) is 0 Å². The third kappa shape index (κ3) is 2.90. The lowest BCUT2D eigenvalue weighted by Crippen LogP contribution is -2.07. The molecule has 0 aliphatic heterocycles. The molecule has 1 heterocycles. The van der Waals surface area contributed by atoms with Crippen LogP contribution in [0.5, 0.6) is 5.88 Å². The molecule has 0 spiro atoms. The van der Waals surface area contributed by atoms with Gasteiger partial charge in [0.1, 0.15) is 0 Å². The molecule has 1 rings (SSSR count). The molecule has 0 aliphatic carbocycles. The van der Waals surface area contributed by atoms with Gasteiger partial charge in [0.15, 0.2) is 0 Å². The van der Waals surface area contributed by atoms with Gasteiger partial charge >= 0.3 is 0 Å². The third-order valence-electron chi connectivity index (χ3n) is 1.12. The first-order valence-electron chi connectivity index (χ1n) is 3.57. The minimum atomic E-state index is 0.161. The smallest absolute Gasteiger partial charge is 0.228 e. The van der Waals surface area contributed by atoms with Crippen LogP contribution >= 0.6 is 38.5 Å². The van der Waals surface area contributed by atoms with E-state index in [4.69, 9.17) is 4.74 Å². The van der Waals surface area contributed by atoms with Crippen molar-refractivity contribution in [1.29, 1.82) is 0 Å². The van der Waals surface area contributed by atoms with E-state index < -0.39 is 0 Å². The number of aromatic nitrogens is 1. The summed E-state index contributed by atoms with van der Waals surface area (Å²) in [7, 11) is 0. The Morgan fingerprint density at radius 1 is 1.58 bits per heavy atom. The van der Waals surface area contributed by atoms with E-state index in [-0.39, 0.29) is 6.10 Å². The first-order valence-corrected chi connectivity index (χ1v) is 5.44. The molecule has 0 fully saturated rings. The van der Waals surface area contributed by atoms with Crippen LogP contribution in [0.3, 0.4) is 0 Å². The van der Waals surface area contributed by atoms with Crippen molar-refractivity contribution in [2.75, 3.05) is 0 Å². The Balaban J connectivity index is 2.86. The Bertz CT molecular complexity index is 278. The molecule has 1 aromatic heterocycles. The highest BCUT2D eigenvalue weighted by Gasteiger charge is 2.04. The van der Waals surface area contributed by atoms with Crippen LogP contribution in [0, 0.1) is 3.57 Å². The van der Waals surface area contributed by atoms with Crippen LogP contribution in [-0.4, -0.2) is 11.1 Å². The van der Waals surface area contributed by atoms with Crippen molar-refractivity contribution in [3.8, 4) is 5.88 Å². The Labute approximate surface area is 94.0 Å². The third-order valence-corrected chi connectivity index (χ3v) is 2.28. The van der Waals surface area contributed by atoms with E-state index >= 15 is 0 Å². The Hall–Kier alpha value is 0.160. The average Bonchev–Trinajstić information content (AvgIpc) is 1.94. The topological polar surface area (TPSA) is 22.1 Å². The van der Waals surface area contributed by atoms with E-state index in [9.17, 15) is 0 Å². The van der Waals surface area contributed by atoms with Gasteiger partial charge in [-0.3, -0.25) is 0 Å². The second kappa shape index (κ2) is 4.41. The van der Waals surface area contributed by atoms with Gasteiger partial charge in [0.2, 0.25) is 5.88 Å². The van der Waals surface area contributed by atoms with Gasteiger partial charge in [-0.25, -0.2) is 4.98 Å². The van der Waals surface area contributed by atoms with Crippen molar-refractivity contribution >= 4 is 38.5 Å². The van der Waals surface area contributed by atoms with Gasteiger partial charge in [-0.15, -0.1) is 0 Å². The summed E-state index contributed by atoms with van der Waals surface area (Å²) in [4.78, 5) is 4.14. The summed E-state index contributed by atoms with van der Waals surface area (Å²) in [6.45, 7) is 3.96. The SMILES string of the molecule is CC(C)Oc1ncc(I)cc1Br. The Morgan fingerprint density at radius 3 is 2.75 bits per heavy atom. The lowest BCUT2D eigenvalue weighted by atomic mass is 10.4. The first kappa shape index (κ1) is 10.2. The molecule has 0 bridgehead atoms. The molecule has 0 unspecified atom stereocenters. The molecule has 0 aromatic carbocycles. The van der Waals surface area contributed by atoms with Crippen molar-refractivity contribution < 1.29 is 4.74 Å². The van der Waals surface area contributed by atoms with Crippen molar-refractivity contribution in [2.24, 2.45) is 0 Å². The molecule has 0 atom stereocenters. The summed E-state index contributed by atoms with van der Waals surface area (Å²) in [6.07, 6.45) is 1.94. The molecule has 2 nitrogen and oxygen atoms in total. The van der Waals surface area contributed by atoms with Crippen LogP contribution in [-0.2, 0) is 0 Å². The Kier molecular flexibility index (Phi) is 3.77. The fraction of sp³-hybridized carbons (Fsp3) is 0.375. The summed E-state index contributed by atoms with van der Waals surface area (Å²) in [5, 5.41) is 0. The molecule has 0 saturated carbocycles. The van der Waals surface area contributed by atoms with E-state index in [0.29, 0.717) is 5.88 Å². The van der Waals surface area contributed by atoms with Crippen molar-refractivity contribution in [3.05, 3.63) is 20.3 Å². The number of nitrogens with zero attached hydrogens (tertiary/aromatic N) is 1. The summed E-state index contributed by atoms with van der Waals surface area (Å²) in [6, 6.07) is 1.98. The number of halogens is 2. The van der Waals surface area contributed by atoms with E-state index in [0.717, 1.165) is 8.04 Å². The normalized spacial score (nSPS) is 10.4. The van der Waals surface area contributed by atoms with Gasteiger partial charge in [-0.05, 0) is 58.4 Å². The predicted molar refractivity (Wildman–Crippen MR) is 60.4 cm³/mol. The summed E-state index contributed by atoms with van der Waals surface area (Å²) >= 11 is 5.59. The van der Waals surface area contributed by atoms with E-state index in [1.165, 1.54) is 0 Å². The molecule has 0 aliphatic rings. The van der Waals surface area contributed by atoms with Gasteiger partial charge in [0.25, 0.3) is 0 Å². The average molecular weight is 342 g/mol. The van der Waals surface area contributed by atoms with Crippen LogP contribution in [0.2, 0.25) is 0 Å². The highest BCUT2D eigenvalue weighted by Crippen LogP contribution is 2.24. The number of ether oxygens (including phenoxy) is 1. The molecule has 4 heteroatoms. The monoisotopic (exact) mass is 341 g/mol.